The highest BCUT2D eigenvalue weighted by Crippen LogP contribution is 2.25. The summed E-state index contributed by atoms with van der Waals surface area (Å²) in [5.41, 5.74) is 1.45. The Morgan fingerprint density at radius 1 is 1.25 bits per heavy atom. The van der Waals surface area contributed by atoms with Gasteiger partial charge in [-0.05, 0) is 36.3 Å². The zero-order valence-electron chi connectivity index (χ0n) is 8.84. The predicted molar refractivity (Wildman–Crippen MR) is 53.9 cm³/mol. The van der Waals surface area contributed by atoms with E-state index in [4.69, 9.17) is 4.74 Å². The van der Waals surface area contributed by atoms with Crippen LogP contribution < -0.4 is 4.74 Å². The molecule has 1 aromatic rings. The Balaban J connectivity index is 2.87. The van der Waals surface area contributed by atoms with Crippen LogP contribution in [0.3, 0.4) is 0 Å². The van der Waals surface area contributed by atoms with Crippen LogP contribution in [0.5, 0.6) is 5.75 Å². The van der Waals surface area contributed by atoms with Gasteiger partial charge in [-0.25, -0.2) is 0 Å². The first-order chi connectivity index (χ1) is 7.42. The third kappa shape index (κ3) is 3.84. The Morgan fingerprint density at radius 2 is 1.94 bits per heavy atom. The van der Waals surface area contributed by atoms with E-state index in [1.54, 1.807) is 13.0 Å². The van der Waals surface area contributed by atoms with E-state index in [0.717, 1.165) is 5.56 Å². The largest absolute Gasteiger partial charge is 0.573 e. The first kappa shape index (κ1) is 12.4. The molecule has 0 saturated heterocycles. The minimum atomic E-state index is -4.66. The summed E-state index contributed by atoms with van der Waals surface area (Å²) >= 11 is 0. The van der Waals surface area contributed by atoms with Crippen LogP contribution in [-0.2, 0) is 4.74 Å². The molecule has 0 radical (unpaired) electrons. The molecule has 0 spiro atoms. The second-order valence-corrected chi connectivity index (χ2v) is 3.10. The van der Waals surface area contributed by atoms with Gasteiger partial charge in [0.25, 0.3) is 0 Å². The Hall–Kier alpha value is -1.65. The molecule has 0 N–H and O–H groups in total. The fourth-order valence-electron chi connectivity index (χ4n) is 1.17. The van der Waals surface area contributed by atoms with Crippen LogP contribution in [0.1, 0.15) is 11.1 Å². The van der Waals surface area contributed by atoms with Crippen LogP contribution >= 0.6 is 0 Å². The minimum Gasteiger partial charge on any atom is -0.504 e. The monoisotopic (exact) mass is 232 g/mol. The molecule has 0 aromatic heterocycles. The standard InChI is InChI=1S/C11H11F3O2/c1-8-7-10(16-11(12,13)14)4-3-9(8)5-6-15-2/h3-7H,1-2H3. The average molecular weight is 232 g/mol. The average Bonchev–Trinajstić information content (AvgIpc) is 2.14. The van der Waals surface area contributed by atoms with E-state index in [-0.39, 0.29) is 5.75 Å². The topological polar surface area (TPSA) is 18.5 Å². The fraction of sp³-hybridized carbons (Fsp3) is 0.273. The highest BCUT2D eigenvalue weighted by molar-refractivity contribution is 5.54. The summed E-state index contributed by atoms with van der Waals surface area (Å²) in [5.74, 6) is -0.223. The number of ether oxygens (including phenoxy) is 2. The van der Waals surface area contributed by atoms with Gasteiger partial charge < -0.3 is 9.47 Å². The van der Waals surface area contributed by atoms with Crippen molar-refractivity contribution in [2.24, 2.45) is 0 Å². The van der Waals surface area contributed by atoms with Crippen molar-refractivity contribution in [2.75, 3.05) is 7.11 Å². The molecule has 0 fully saturated rings. The van der Waals surface area contributed by atoms with Crippen molar-refractivity contribution >= 4 is 6.08 Å². The van der Waals surface area contributed by atoms with Crippen molar-refractivity contribution in [3.8, 4) is 5.75 Å². The first-order valence-corrected chi connectivity index (χ1v) is 4.48. The van der Waals surface area contributed by atoms with Gasteiger partial charge in [0.05, 0.1) is 13.4 Å². The molecule has 0 amide bonds. The highest BCUT2D eigenvalue weighted by atomic mass is 19.4. The molecule has 5 heteroatoms. The van der Waals surface area contributed by atoms with Crippen LogP contribution in [0.25, 0.3) is 6.08 Å². The van der Waals surface area contributed by atoms with Crippen LogP contribution in [-0.4, -0.2) is 13.5 Å². The highest BCUT2D eigenvalue weighted by Gasteiger charge is 2.31. The fourth-order valence-corrected chi connectivity index (χ4v) is 1.17. The molecule has 0 bridgehead atoms. The lowest BCUT2D eigenvalue weighted by atomic mass is 10.1. The Bertz CT molecular complexity index is 383. The lowest BCUT2D eigenvalue weighted by Gasteiger charge is -2.10. The SMILES string of the molecule is COC=Cc1ccc(OC(F)(F)F)cc1C. The second-order valence-electron chi connectivity index (χ2n) is 3.10. The summed E-state index contributed by atoms with van der Waals surface area (Å²) in [6.07, 6.45) is -1.55. The number of benzene rings is 1. The van der Waals surface area contributed by atoms with E-state index in [1.165, 1.54) is 31.6 Å². The van der Waals surface area contributed by atoms with Gasteiger partial charge in [-0.3, -0.25) is 0 Å². The summed E-state index contributed by atoms with van der Waals surface area (Å²) in [6, 6.07) is 4.12. The van der Waals surface area contributed by atoms with E-state index in [1.807, 2.05) is 0 Å². The van der Waals surface area contributed by atoms with Crippen LogP contribution in [0, 0.1) is 6.92 Å². The lowest BCUT2D eigenvalue weighted by molar-refractivity contribution is -0.274. The number of methoxy groups -OCH3 is 1. The van der Waals surface area contributed by atoms with E-state index in [0.29, 0.717) is 5.56 Å². The molecule has 0 saturated carbocycles. The van der Waals surface area contributed by atoms with Crippen molar-refractivity contribution in [2.45, 2.75) is 13.3 Å². The second kappa shape index (κ2) is 4.92. The molecular weight excluding hydrogens is 221 g/mol. The number of halogens is 3. The van der Waals surface area contributed by atoms with E-state index in [9.17, 15) is 13.2 Å². The minimum absolute atomic E-state index is 0.223. The molecule has 0 aliphatic carbocycles. The zero-order chi connectivity index (χ0) is 12.2. The summed E-state index contributed by atoms with van der Waals surface area (Å²) in [7, 11) is 1.49. The molecule has 1 aromatic carbocycles. The van der Waals surface area contributed by atoms with Crippen molar-refractivity contribution in [1.82, 2.24) is 0 Å². The molecule has 16 heavy (non-hydrogen) atoms. The molecule has 0 aliphatic rings. The van der Waals surface area contributed by atoms with E-state index >= 15 is 0 Å². The van der Waals surface area contributed by atoms with Crippen molar-refractivity contribution < 1.29 is 22.6 Å². The normalized spacial score (nSPS) is 11.8. The van der Waals surface area contributed by atoms with Crippen LogP contribution in [0.2, 0.25) is 0 Å². The van der Waals surface area contributed by atoms with Crippen molar-refractivity contribution in [3.63, 3.8) is 0 Å². The number of hydrogen-bond acceptors (Lipinski definition) is 2. The van der Waals surface area contributed by atoms with Gasteiger partial charge in [-0.15, -0.1) is 13.2 Å². The maximum atomic E-state index is 11.9. The molecule has 1 rings (SSSR count). The van der Waals surface area contributed by atoms with Crippen molar-refractivity contribution in [1.29, 1.82) is 0 Å². The molecular formula is C11H11F3O2. The quantitative estimate of drug-likeness (QED) is 0.742. The maximum Gasteiger partial charge on any atom is 0.573 e. The smallest absolute Gasteiger partial charge is 0.504 e. The third-order valence-electron chi connectivity index (χ3n) is 1.86. The number of hydrogen-bond donors (Lipinski definition) is 0. The number of rotatable bonds is 3. The van der Waals surface area contributed by atoms with Gasteiger partial charge in [-0.2, -0.15) is 0 Å². The third-order valence-corrected chi connectivity index (χ3v) is 1.86. The molecule has 88 valence electrons. The van der Waals surface area contributed by atoms with E-state index < -0.39 is 6.36 Å². The summed E-state index contributed by atoms with van der Waals surface area (Å²) in [4.78, 5) is 0. The van der Waals surface area contributed by atoms with Crippen molar-refractivity contribution in [3.05, 3.63) is 35.6 Å². The molecule has 0 aliphatic heterocycles. The maximum absolute atomic E-state index is 11.9. The summed E-state index contributed by atoms with van der Waals surface area (Å²) in [6.45, 7) is 1.69. The molecule has 2 nitrogen and oxygen atoms in total. The molecule has 0 atom stereocenters. The van der Waals surface area contributed by atoms with Gasteiger partial charge in [0.2, 0.25) is 0 Å². The molecule has 0 heterocycles. The zero-order valence-corrected chi connectivity index (χ0v) is 8.84. The number of alkyl halides is 3. The lowest BCUT2D eigenvalue weighted by Crippen LogP contribution is -2.17. The van der Waals surface area contributed by atoms with Gasteiger partial charge in [0.15, 0.2) is 0 Å². The summed E-state index contributed by atoms with van der Waals surface area (Å²) in [5, 5.41) is 0. The number of aryl methyl sites for hydroxylation is 1. The van der Waals surface area contributed by atoms with Crippen LogP contribution in [0.15, 0.2) is 24.5 Å². The Morgan fingerprint density at radius 3 is 2.44 bits per heavy atom. The van der Waals surface area contributed by atoms with Gasteiger partial charge in [-0.1, -0.05) is 6.07 Å². The molecule has 0 unspecified atom stereocenters. The first-order valence-electron chi connectivity index (χ1n) is 4.48. The Labute approximate surface area is 91.3 Å². The Kier molecular flexibility index (Phi) is 3.82. The van der Waals surface area contributed by atoms with Gasteiger partial charge in [0, 0.05) is 0 Å². The summed E-state index contributed by atoms with van der Waals surface area (Å²) < 4.78 is 44.3. The van der Waals surface area contributed by atoms with E-state index in [2.05, 4.69) is 4.74 Å². The van der Waals surface area contributed by atoms with Crippen LogP contribution in [0.4, 0.5) is 13.2 Å². The van der Waals surface area contributed by atoms with Gasteiger partial charge in [0.1, 0.15) is 5.75 Å². The van der Waals surface area contributed by atoms with Gasteiger partial charge >= 0.3 is 6.36 Å². The predicted octanol–water partition coefficient (Wildman–Crippen LogP) is 3.51.